The third-order valence-corrected chi connectivity index (χ3v) is 3.62. The smallest absolute Gasteiger partial charge is 0.265 e. The number of hydrogen-bond donors (Lipinski definition) is 1. The molecule has 25 heavy (non-hydrogen) atoms. The van der Waals surface area contributed by atoms with Gasteiger partial charge in [-0.3, -0.25) is 9.59 Å². The molecule has 1 N–H and O–H groups in total. The van der Waals surface area contributed by atoms with Crippen LogP contribution in [0.5, 0.6) is 11.5 Å². The Kier molecular flexibility index (Phi) is 6.83. The number of rotatable bonds is 8. The Hall–Kier alpha value is -2.53. The molecule has 0 aliphatic rings. The predicted molar refractivity (Wildman–Crippen MR) is 97.8 cm³/mol. The standard InChI is InChI=1S/C19H20ClNO4/c1-3-10-24-17-9-4-14(12-22)18(11-17)25-13(2)19(23)21-16-7-5-15(20)6-8-16/h4-9,11-13H,3,10H2,1-2H3,(H,21,23)/t13-/m0/s1. The summed E-state index contributed by atoms with van der Waals surface area (Å²) in [6.07, 6.45) is 0.754. The Morgan fingerprint density at radius 1 is 1.24 bits per heavy atom. The second kappa shape index (κ2) is 9.08. The molecule has 0 bridgehead atoms. The van der Waals surface area contributed by atoms with E-state index in [1.165, 1.54) is 0 Å². The van der Waals surface area contributed by atoms with Gasteiger partial charge in [0, 0.05) is 16.8 Å². The van der Waals surface area contributed by atoms with Crippen LogP contribution in [0.15, 0.2) is 42.5 Å². The van der Waals surface area contributed by atoms with Crippen molar-refractivity contribution in [2.75, 3.05) is 11.9 Å². The fourth-order valence-corrected chi connectivity index (χ4v) is 2.17. The number of halogens is 1. The predicted octanol–water partition coefficient (Wildman–Crippen LogP) is 4.35. The number of carbonyl (C=O) groups is 2. The van der Waals surface area contributed by atoms with Gasteiger partial charge in [0.05, 0.1) is 12.2 Å². The maximum absolute atomic E-state index is 12.3. The minimum Gasteiger partial charge on any atom is -0.493 e. The largest absolute Gasteiger partial charge is 0.493 e. The van der Waals surface area contributed by atoms with Crippen molar-refractivity contribution in [3.63, 3.8) is 0 Å². The number of aldehydes is 1. The number of benzene rings is 2. The topological polar surface area (TPSA) is 64.6 Å². The number of ether oxygens (including phenoxy) is 2. The molecule has 0 radical (unpaired) electrons. The zero-order valence-corrected chi connectivity index (χ0v) is 14.9. The van der Waals surface area contributed by atoms with Crippen LogP contribution in [-0.2, 0) is 4.79 Å². The van der Waals surface area contributed by atoms with E-state index in [1.807, 2.05) is 6.92 Å². The van der Waals surface area contributed by atoms with Crippen molar-refractivity contribution < 1.29 is 19.1 Å². The van der Waals surface area contributed by atoms with Gasteiger partial charge >= 0.3 is 0 Å². The average molecular weight is 362 g/mol. The molecule has 0 aliphatic heterocycles. The molecule has 132 valence electrons. The molecular weight excluding hydrogens is 342 g/mol. The molecule has 0 aliphatic carbocycles. The number of anilines is 1. The zero-order valence-electron chi connectivity index (χ0n) is 14.1. The molecule has 1 atom stereocenters. The lowest BCUT2D eigenvalue weighted by atomic mass is 10.2. The van der Waals surface area contributed by atoms with Gasteiger partial charge in [0.1, 0.15) is 11.5 Å². The van der Waals surface area contributed by atoms with Crippen LogP contribution >= 0.6 is 11.6 Å². The first kappa shape index (κ1) is 18.8. The van der Waals surface area contributed by atoms with Crippen LogP contribution in [0.1, 0.15) is 30.6 Å². The Morgan fingerprint density at radius 2 is 1.96 bits per heavy atom. The molecule has 1 amide bonds. The lowest BCUT2D eigenvalue weighted by Crippen LogP contribution is -2.30. The van der Waals surface area contributed by atoms with Gasteiger partial charge in [0.25, 0.3) is 5.91 Å². The molecule has 2 aromatic rings. The molecule has 2 aromatic carbocycles. The molecule has 6 heteroatoms. The van der Waals surface area contributed by atoms with Crippen LogP contribution in [0.4, 0.5) is 5.69 Å². The van der Waals surface area contributed by atoms with Gasteiger partial charge in [0.15, 0.2) is 12.4 Å². The van der Waals surface area contributed by atoms with E-state index in [1.54, 1.807) is 49.4 Å². The van der Waals surface area contributed by atoms with Gasteiger partial charge in [-0.25, -0.2) is 0 Å². The van der Waals surface area contributed by atoms with Crippen LogP contribution in [0.3, 0.4) is 0 Å². The van der Waals surface area contributed by atoms with Crippen molar-refractivity contribution in [2.45, 2.75) is 26.4 Å². The van der Waals surface area contributed by atoms with Crippen molar-refractivity contribution in [1.29, 1.82) is 0 Å². The molecule has 0 fully saturated rings. The minimum atomic E-state index is -0.796. The van der Waals surface area contributed by atoms with E-state index < -0.39 is 6.10 Å². The van der Waals surface area contributed by atoms with Gasteiger partial charge < -0.3 is 14.8 Å². The third-order valence-electron chi connectivity index (χ3n) is 3.37. The summed E-state index contributed by atoms with van der Waals surface area (Å²) in [5, 5.41) is 3.32. The zero-order chi connectivity index (χ0) is 18.2. The summed E-state index contributed by atoms with van der Waals surface area (Å²) in [4.78, 5) is 23.5. The average Bonchev–Trinajstić information content (AvgIpc) is 2.62. The van der Waals surface area contributed by atoms with Crippen LogP contribution in [0, 0.1) is 0 Å². The molecule has 0 spiro atoms. The maximum Gasteiger partial charge on any atom is 0.265 e. The van der Waals surface area contributed by atoms with Gasteiger partial charge in [0.2, 0.25) is 0 Å². The first-order chi connectivity index (χ1) is 12.0. The third kappa shape index (κ3) is 5.50. The summed E-state index contributed by atoms with van der Waals surface area (Å²) >= 11 is 5.82. The van der Waals surface area contributed by atoms with Crippen molar-refractivity contribution in [2.24, 2.45) is 0 Å². The summed E-state index contributed by atoms with van der Waals surface area (Å²) < 4.78 is 11.2. The molecule has 0 aromatic heterocycles. The van der Waals surface area contributed by atoms with E-state index in [4.69, 9.17) is 21.1 Å². The maximum atomic E-state index is 12.3. The Morgan fingerprint density at radius 3 is 2.60 bits per heavy atom. The van der Waals surface area contributed by atoms with Crippen molar-refractivity contribution >= 4 is 29.5 Å². The number of nitrogens with one attached hydrogen (secondary N) is 1. The Bertz CT molecular complexity index is 731. The number of amides is 1. The quantitative estimate of drug-likeness (QED) is 0.710. The Labute approximate surface area is 151 Å². The lowest BCUT2D eigenvalue weighted by molar-refractivity contribution is -0.122. The highest BCUT2D eigenvalue weighted by Gasteiger charge is 2.17. The van der Waals surface area contributed by atoms with E-state index in [0.29, 0.717) is 40.7 Å². The van der Waals surface area contributed by atoms with Gasteiger partial charge in [-0.15, -0.1) is 0 Å². The highest BCUT2D eigenvalue weighted by molar-refractivity contribution is 6.30. The molecule has 5 nitrogen and oxygen atoms in total. The van der Waals surface area contributed by atoms with Crippen LogP contribution in [0.2, 0.25) is 5.02 Å². The fraction of sp³-hybridized carbons (Fsp3) is 0.263. The molecule has 0 saturated heterocycles. The summed E-state index contributed by atoms with van der Waals surface area (Å²) in [5.74, 6) is 0.564. The van der Waals surface area contributed by atoms with Gasteiger partial charge in [-0.1, -0.05) is 18.5 Å². The van der Waals surface area contributed by atoms with E-state index in [2.05, 4.69) is 5.32 Å². The van der Waals surface area contributed by atoms with E-state index >= 15 is 0 Å². The van der Waals surface area contributed by atoms with E-state index in [-0.39, 0.29) is 5.91 Å². The van der Waals surface area contributed by atoms with E-state index in [0.717, 1.165) is 6.42 Å². The van der Waals surface area contributed by atoms with Crippen molar-refractivity contribution in [1.82, 2.24) is 0 Å². The van der Waals surface area contributed by atoms with E-state index in [9.17, 15) is 9.59 Å². The molecule has 0 heterocycles. The fourth-order valence-electron chi connectivity index (χ4n) is 2.04. The van der Waals surface area contributed by atoms with Crippen molar-refractivity contribution in [3.05, 3.63) is 53.1 Å². The first-order valence-corrected chi connectivity index (χ1v) is 8.36. The first-order valence-electron chi connectivity index (χ1n) is 7.98. The summed E-state index contributed by atoms with van der Waals surface area (Å²) in [7, 11) is 0. The minimum absolute atomic E-state index is 0.308. The van der Waals surface area contributed by atoms with Crippen LogP contribution in [-0.4, -0.2) is 24.9 Å². The van der Waals surface area contributed by atoms with Crippen molar-refractivity contribution in [3.8, 4) is 11.5 Å². The molecular formula is C19H20ClNO4. The molecule has 2 rings (SSSR count). The summed E-state index contributed by atoms with van der Waals surface area (Å²) in [5.41, 5.74) is 0.968. The van der Waals surface area contributed by atoms with Gasteiger partial charge in [-0.2, -0.15) is 0 Å². The highest BCUT2D eigenvalue weighted by Crippen LogP contribution is 2.25. The normalized spacial score (nSPS) is 11.5. The SMILES string of the molecule is CCCOc1ccc(C=O)c(O[C@@H](C)C(=O)Nc2ccc(Cl)cc2)c1. The summed E-state index contributed by atoms with van der Waals surface area (Å²) in [6.45, 7) is 4.17. The molecule has 0 saturated carbocycles. The lowest BCUT2D eigenvalue weighted by Gasteiger charge is -2.17. The molecule has 0 unspecified atom stereocenters. The second-order valence-electron chi connectivity index (χ2n) is 5.42. The monoisotopic (exact) mass is 361 g/mol. The van der Waals surface area contributed by atoms with Crippen LogP contribution < -0.4 is 14.8 Å². The van der Waals surface area contributed by atoms with Crippen LogP contribution in [0.25, 0.3) is 0 Å². The van der Waals surface area contributed by atoms with Gasteiger partial charge in [-0.05, 0) is 49.7 Å². The Balaban J connectivity index is 2.07. The second-order valence-corrected chi connectivity index (χ2v) is 5.86. The summed E-state index contributed by atoms with van der Waals surface area (Å²) in [6, 6.07) is 11.7. The highest BCUT2D eigenvalue weighted by atomic mass is 35.5. The number of carbonyl (C=O) groups excluding carboxylic acids is 2. The number of hydrogen-bond acceptors (Lipinski definition) is 4.